The van der Waals surface area contributed by atoms with E-state index in [1.54, 1.807) is 19.2 Å². The van der Waals surface area contributed by atoms with Crippen molar-refractivity contribution in [3.8, 4) is 0 Å². The van der Waals surface area contributed by atoms with Gasteiger partial charge in [-0.2, -0.15) is 0 Å². The summed E-state index contributed by atoms with van der Waals surface area (Å²) in [5, 5.41) is 6.05. The minimum atomic E-state index is -0.263. The molecule has 3 rings (SSSR count). The molecule has 0 saturated carbocycles. The number of benzene rings is 1. The summed E-state index contributed by atoms with van der Waals surface area (Å²) >= 11 is 0. The van der Waals surface area contributed by atoms with Gasteiger partial charge in [0.15, 0.2) is 0 Å². The van der Waals surface area contributed by atoms with Gasteiger partial charge in [0.05, 0.1) is 12.2 Å². The van der Waals surface area contributed by atoms with Crippen molar-refractivity contribution in [1.82, 2.24) is 15.0 Å². The van der Waals surface area contributed by atoms with Crippen molar-refractivity contribution in [3.63, 3.8) is 0 Å². The number of amides is 1. The van der Waals surface area contributed by atoms with Crippen molar-refractivity contribution in [3.05, 3.63) is 77.5 Å². The van der Waals surface area contributed by atoms with E-state index >= 15 is 0 Å². The molecule has 2 heterocycles. The Bertz CT molecular complexity index is 878. The molecule has 0 aliphatic carbocycles. The minimum absolute atomic E-state index is 0.263. The Hall–Kier alpha value is -3.28. The van der Waals surface area contributed by atoms with Gasteiger partial charge in [0, 0.05) is 18.0 Å². The fourth-order valence-electron chi connectivity index (χ4n) is 2.48. The average Bonchev–Trinajstić information content (AvgIpc) is 2.67. The van der Waals surface area contributed by atoms with Gasteiger partial charge in [-0.15, -0.1) is 0 Å². The summed E-state index contributed by atoms with van der Waals surface area (Å²) in [6.07, 6.45) is 2.70. The van der Waals surface area contributed by atoms with Crippen LogP contribution in [0, 0.1) is 6.92 Å². The van der Waals surface area contributed by atoms with Crippen LogP contribution in [-0.4, -0.2) is 20.9 Å². The van der Waals surface area contributed by atoms with Gasteiger partial charge in [-0.3, -0.25) is 9.78 Å². The molecule has 1 aromatic carbocycles. The Morgan fingerprint density at radius 1 is 1.08 bits per heavy atom. The number of rotatable bonds is 6. The summed E-state index contributed by atoms with van der Waals surface area (Å²) in [6.45, 7) is 4.38. The van der Waals surface area contributed by atoms with Crippen molar-refractivity contribution in [1.29, 1.82) is 0 Å². The lowest BCUT2D eigenvalue weighted by atomic mass is 10.1. The zero-order chi connectivity index (χ0) is 18.4. The van der Waals surface area contributed by atoms with E-state index in [4.69, 9.17) is 0 Å². The topological polar surface area (TPSA) is 79.8 Å². The summed E-state index contributed by atoms with van der Waals surface area (Å²) in [4.78, 5) is 25.3. The van der Waals surface area contributed by atoms with Gasteiger partial charge < -0.3 is 10.6 Å². The molecule has 0 spiro atoms. The van der Waals surface area contributed by atoms with Crippen molar-refractivity contribution in [2.75, 3.05) is 10.6 Å². The van der Waals surface area contributed by atoms with Crippen LogP contribution in [-0.2, 0) is 13.0 Å². The van der Waals surface area contributed by atoms with E-state index in [0.29, 0.717) is 23.9 Å². The third-order valence-corrected chi connectivity index (χ3v) is 3.87. The van der Waals surface area contributed by atoms with Crippen LogP contribution in [0.15, 0.2) is 54.7 Å². The summed E-state index contributed by atoms with van der Waals surface area (Å²) in [6, 6.07) is 15.2. The Kier molecular flexibility index (Phi) is 5.53. The molecule has 0 bridgehead atoms. The van der Waals surface area contributed by atoms with Crippen LogP contribution in [0.5, 0.6) is 0 Å². The molecule has 6 heteroatoms. The summed E-state index contributed by atoms with van der Waals surface area (Å²) in [5.74, 6) is 0.859. The molecule has 0 saturated heterocycles. The lowest BCUT2D eigenvalue weighted by Gasteiger charge is -2.09. The molecule has 132 valence electrons. The van der Waals surface area contributed by atoms with E-state index in [1.807, 2.05) is 42.5 Å². The summed E-state index contributed by atoms with van der Waals surface area (Å²) < 4.78 is 0. The molecule has 6 nitrogen and oxygen atoms in total. The number of hydrogen-bond acceptors (Lipinski definition) is 5. The molecular formula is C20H21N5O. The maximum Gasteiger partial charge on any atom is 0.274 e. The molecule has 0 atom stereocenters. The van der Waals surface area contributed by atoms with Gasteiger partial charge in [0.1, 0.15) is 17.3 Å². The Morgan fingerprint density at radius 2 is 1.88 bits per heavy atom. The Balaban J connectivity index is 1.70. The predicted molar refractivity (Wildman–Crippen MR) is 102 cm³/mol. The van der Waals surface area contributed by atoms with Crippen LogP contribution in [0.25, 0.3) is 0 Å². The smallest absolute Gasteiger partial charge is 0.274 e. The number of aryl methyl sites for hydroxylation is 2. The first-order chi connectivity index (χ1) is 12.6. The Morgan fingerprint density at radius 3 is 2.58 bits per heavy atom. The van der Waals surface area contributed by atoms with E-state index in [-0.39, 0.29) is 5.91 Å². The molecule has 0 unspecified atom stereocenters. The van der Waals surface area contributed by atoms with Crippen molar-refractivity contribution < 1.29 is 4.79 Å². The first kappa shape index (κ1) is 17.5. The molecule has 3 aromatic rings. The largest absolute Gasteiger partial charge is 0.364 e. The zero-order valence-electron chi connectivity index (χ0n) is 14.9. The SMILES string of the molecule is CCc1ccc(NC(=O)c2cc(NCc3ccccn3)nc(C)n2)cc1. The second-order valence-electron chi connectivity index (χ2n) is 5.86. The number of anilines is 2. The number of carbonyl (C=O) groups is 1. The monoisotopic (exact) mass is 347 g/mol. The van der Waals surface area contributed by atoms with E-state index < -0.39 is 0 Å². The highest BCUT2D eigenvalue weighted by molar-refractivity contribution is 6.03. The normalized spacial score (nSPS) is 10.4. The van der Waals surface area contributed by atoms with E-state index in [1.165, 1.54) is 5.56 Å². The Labute approximate surface area is 152 Å². The molecule has 0 fully saturated rings. The second kappa shape index (κ2) is 8.20. The average molecular weight is 347 g/mol. The summed E-state index contributed by atoms with van der Waals surface area (Å²) in [7, 11) is 0. The van der Waals surface area contributed by atoms with Crippen LogP contribution in [0.3, 0.4) is 0 Å². The first-order valence-corrected chi connectivity index (χ1v) is 8.54. The van der Waals surface area contributed by atoms with Gasteiger partial charge in [0.25, 0.3) is 5.91 Å². The third-order valence-electron chi connectivity index (χ3n) is 3.87. The zero-order valence-corrected chi connectivity index (χ0v) is 14.9. The second-order valence-corrected chi connectivity index (χ2v) is 5.86. The summed E-state index contributed by atoms with van der Waals surface area (Å²) in [5.41, 5.74) is 3.18. The fourth-order valence-corrected chi connectivity index (χ4v) is 2.48. The van der Waals surface area contributed by atoms with E-state index in [9.17, 15) is 4.79 Å². The van der Waals surface area contributed by atoms with Crippen molar-refractivity contribution in [2.45, 2.75) is 26.8 Å². The number of aromatic nitrogens is 3. The minimum Gasteiger partial charge on any atom is -0.364 e. The van der Waals surface area contributed by atoms with Gasteiger partial charge in [-0.1, -0.05) is 25.1 Å². The number of pyridine rings is 1. The quantitative estimate of drug-likeness (QED) is 0.712. The van der Waals surface area contributed by atoms with Crippen molar-refractivity contribution >= 4 is 17.4 Å². The lowest BCUT2D eigenvalue weighted by molar-refractivity contribution is 0.102. The third kappa shape index (κ3) is 4.63. The van der Waals surface area contributed by atoms with Gasteiger partial charge in [0.2, 0.25) is 0 Å². The first-order valence-electron chi connectivity index (χ1n) is 8.54. The van der Waals surface area contributed by atoms with Crippen molar-refractivity contribution in [2.24, 2.45) is 0 Å². The van der Waals surface area contributed by atoms with Crippen LogP contribution in [0.4, 0.5) is 11.5 Å². The molecule has 0 radical (unpaired) electrons. The maximum atomic E-state index is 12.5. The highest BCUT2D eigenvalue weighted by Crippen LogP contribution is 2.13. The standard InChI is InChI=1S/C20H21N5O/c1-3-15-7-9-16(10-8-15)25-20(26)18-12-19(24-14(2)23-18)22-13-17-6-4-5-11-21-17/h4-12H,3,13H2,1-2H3,(H,25,26)(H,22,23,24). The maximum absolute atomic E-state index is 12.5. The number of nitrogens with one attached hydrogen (secondary N) is 2. The van der Waals surface area contributed by atoms with Crippen LogP contribution in [0.2, 0.25) is 0 Å². The van der Waals surface area contributed by atoms with Crippen LogP contribution < -0.4 is 10.6 Å². The number of nitrogens with zero attached hydrogens (tertiary/aromatic N) is 3. The van der Waals surface area contributed by atoms with Crippen LogP contribution in [0.1, 0.15) is 34.5 Å². The fraction of sp³-hybridized carbons (Fsp3) is 0.200. The highest BCUT2D eigenvalue weighted by atomic mass is 16.1. The number of carbonyl (C=O) groups excluding carboxylic acids is 1. The van der Waals surface area contributed by atoms with Crippen LogP contribution >= 0.6 is 0 Å². The molecule has 1 amide bonds. The lowest BCUT2D eigenvalue weighted by Crippen LogP contribution is -2.16. The molecule has 2 N–H and O–H groups in total. The predicted octanol–water partition coefficient (Wildman–Crippen LogP) is 3.61. The number of hydrogen-bond donors (Lipinski definition) is 2. The van der Waals surface area contributed by atoms with E-state index in [2.05, 4.69) is 32.5 Å². The molecular weight excluding hydrogens is 326 g/mol. The molecule has 26 heavy (non-hydrogen) atoms. The highest BCUT2D eigenvalue weighted by Gasteiger charge is 2.11. The van der Waals surface area contributed by atoms with Gasteiger partial charge in [-0.25, -0.2) is 9.97 Å². The molecule has 2 aromatic heterocycles. The van der Waals surface area contributed by atoms with Gasteiger partial charge in [-0.05, 0) is 43.2 Å². The molecule has 0 aliphatic rings. The van der Waals surface area contributed by atoms with E-state index in [0.717, 1.165) is 17.8 Å². The van der Waals surface area contributed by atoms with Gasteiger partial charge >= 0.3 is 0 Å². The molecule has 0 aliphatic heterocycles.